The predicted molar refractivity (Wildman–Crippen MR) is 122 cm³/mol. The van der Waals surface area contributed by atoms with E-state index in [1.807, 2.05) is 31.1 Å². The molecular weight excluding hydrogens is 442 g/mol. The first-order valence-electron chi connectivity index (χ1n) is 10.9. The maximum Gasteiger partial charge on any atom is 0.309 e. The normalized spacial score (nSPS) is 23.1. The van der Waals surface area contributed by atoms with Gasteiger partial charge in [0.25, 0.3) is 0 Å². The van der Waals surface area contributed by atoms with Gasteiger partial charge in [0.15, 0.2) is 18.5 Å². The minimum atomic E-state index is -1.16. The number of benzene rings is 1. The maximum absolute atomic E-state index is 12.8. The van der Waals surface area contributed by atoms with Crippen LogP contribution in [0, 0.1) is 0 Å². The molecule has 0 aliphatic carbocycles. The first-order valence-corrected chi connectivity index (χ1v) is 10.9. The van der Waals surface area contributed by atoms with Crippen molar-refractivity contribution in [3.8, 4) is 5.75 Å². The Bertz CT molecular complexity index is 1140. The van der Waals surface area contributed by atoms with Crippen LogP contribution in [0.5, 0.6) is 5.75 Å². The van der Waals surface area contributed by atoms with Crippen molar-refractivity contribution in [2.75, 3.05) is 32.7 Å². The summed E-state index contributed by atoms with van der Waals surface area (Å²) in [6.45, 7) is -0.396. The zero-order valence-corrected chi connectivity index (χ0v) is 19.3. The van der Waals surface area contributed by atoms with Crippen molar-refractivity contribution in [1.29, 1.82) is 0 Å². The van der Waals surface area contributed by atoms with Gasteiger partial charge in [-0.2, -0.15) is 4.98 Å². The molecule has 12 heteroatoms. The number of amides is 1. The summed E-state index contributed by atoms with van der Waals surface area (Å²) < 4.78 is 12.7. The van der Waals surface area contributed by atoms with Crippen LogP contribution >= 0.6 is 0 Å². The van der Waals surface area contributed by atoms with Crippen LogP contribution in [-0.2, 0) is 16.0 Å². The number of rotatable bonds is 8. The largest absolute Gasteiger partial charge is 0.497 e. The summed E-state index contributed by atoms with van der Waals surface area (Å²) in [5.41, 5.74) is 8.17. The molecular formula is C22H30N7O5+. The van der Waals surface area contributed by atoms with Crippen molar-refractivity contribution < 1.29 is 29.0 Å². The number of nitrogens with one attached hydrogen (secondary N) is 2. The number of aromatic nitrogens is 4. The average Bonchev–Trinajstić information content (AvgIpc) is 3.40. The number of carbonyl (C=O) groups excluding carboxylic acids is 1. The van der Waals surface area contributed by atoms with Crippen molar-refractivity contribution in [2.45, 2.75) is 36.9 Å². The molecule has 5 unspecified atom stereocenters. The van der Waals surface area contributed by atoms with Crippen LogP contribution in [0.1, 0.15) is 11.8 Å². The monoisotopic (exact) mass is 472 g/mol. The highest BCUT2D eigenvalue weighted by molar-refractivity contribution is 5.82. The van der Waals surface area contributed by atoms with E-state index in [0.29, 0.717) is 29.2 Å². The summed E-state index contributed by atoms with van der Waals surface area (Å²) in [7, 11) is 5.30. The van der Waals surface area contributed by atoms with E-state index in [4.69, 9.17) is 15.2 Å². The number of ether oxygens (including phenoxy) is 2. The molecule has 2 aromatic heterocycles. The van der Waals surface area contributed by atoms with Gasteiger partial charge < -0.3 is 35.6 Å². The molecule has 0 saturated carbocycles. The van der Waals surface area contributed by atoms with Crippen LogP contribution in [0.25, 0.3) is 11.2 Å². The quantitative estimate of drug-likeness (QED) is 0.249. The molecule has 5 atom stereocenters. The average molecular weight is 473 g/mol. The van der Waals surface area contributed by atoms with Crippen LogP contribution in [0.2, 0.25) is 0 Å². The summed E-state index contributed by atoms with van der Waals surface area (Å²) >= 11 is 0. The van der Waals surface area contributed by atoms with Gasteiger partial charge in [-0.15, -0.1) is 0 Å². The SMILES string of the molecule is COc1ccc(CC(N)C(=O)NC2C(CO)OC([n+]3c[nH]c4c(N(C)C)ncnc43)C2O)cc1. The Morgan fingerprint density at radius 1 is 1.35 bits per heavy atom. The highest BCUT2D eigenvalue weighted by atomic mass is 16.5. The third kappa shape index (κ3) is 4.53. The van der Waals surface area contributed by atoms with Gasteiger partial charge in [-0.05, 0) is 24.1 Å². The maximum atomic E-state index is 12.8. The molecule has 0 bridgehead atoms. The van der Waals surface area contributed by atoms with E-state index >= 15 is 0 Å². The van der Waals surface area contributed by atoms with Gasteiger partial charge in [0, 0.05) is 14.1 Å². The third-order valence-electron chi connectivity index (χ3n) is 5.91. The molecule has 0 radical (unpaired) electrons. The zero-order chi connectivity index (χ0) is 24.4. The number of carbonyl (C=O) groups is 1. The number of hydrogen-bond acceptors (Lipinski definition) is 9. The van der Waals surface area contributed by atoms with E-state index in [2.05, 4.69) is 20.3 Å². The highest BCUT2D eigenvalue weighted by Gasteiger charge is 2.48. The number of methoxy groups -OCH3 is 1. The number of nitrogens with two attached hydrogens (primary N) is 1. The molecule has 1 aliphatic heterocycles. The van der Waals surface area contributed by atoms with Crippen LogP contribution in [0.4, 0.5) is 5.82 Å². The molecule has 1 aliphatic rings. The third-order valence-corrected chi connectivity index (χ3v) is 5.91. The van der Waals surface area contributed by atoms with Gasteiger partial charge >= 0.3 is 5.65 Å². The molecule has 6 N–H and O–H groups in total. The lowest BCUT2D eigenvalue weighted by Crippen LogP contribution is -2.55. The van der Waals surface area contributed by atoms with Crippen LogP contribution in [0.15, 0.2) is 36.9 Å². The number of imidazole rings is 1. The molecule has 182 valence electrons. The Balaban J connectivity index is 1.49. The number of hydrogen-bond donors (Lipinski definition) is 5. The van der Waals surface area contributed by atoms with E-state index in [-0.39, 0.29) is 0 Å². The number of aliphatic hydroxyl groups is 2. The second kappa shape index (κ2) is 9.89. The molecule has 1 amide bonds. The molecule has 1 aromatic carbocycles. The lowest BCUT2D eigenvalue weighted by Gasteiger charge is -2.22. The van der Waals surface area contributed by atoms with E-state index in [1.165, 1.54) is 6.33 Å². The molecule has 1 fully saturated rings. The number of H-pyrrole nitrogens is 1. The molecule has 3 aromatic rings. The molecule has 0 spiro atoms. The lowest BCUT2D eigenvalue weighted by atomic mass is 10.0. The molecule has 4 rings (SSSR count). The Hall–Kier alpha value is -3.32. The predicted octanol–water partition coefficient (Wildman–Crippen LogP) is -1.37. The molecule has 34 heavy (non-hydrogen) atoms. The smallest absolute Gasteiger partial charge is 0.309 e. The van der Waals surface area contributed by atoms with Gasteiger partial charge in [-0.1, -0.05) is 17.1 Å². The summed E-state index contributed by atoms with van der Waals surface area (Å²) in [4.78, 5) is 26.3. The zero-order valence-electron chi connectivity index (χ0n) is 19.3. The Morgan fingerprint density at radius 2 is 2.09 bits per heavy atom. The summed E-state index contributed by atoms with van der Waals surface area (Å²) in [6, 6.07) is 5.55. The van der Waals surface area contributed by atoms with Crippen molar-refractivity contribution in [3.63, 3.8) is 0 Å². The number of aromatic amines is 1. The van der Waals surface area contributed by atoms with Crippen molar-refractivity contribution in [3.05, 3.63) is 42.5 Å². The molecule has 1 saturated heterocycles. The second-order valence-corrected chi connectivity index (χ2v) is 8.40. The minimum Gasteiger partial charge on any atom is -0.497 e. The first kappa shape index (κ1) is 23.8. The fourth-order valence-corrected chi connectivity index (χ4v) is 4.11. The van der Waals surface area contributed by atoms with Gasteiger partial charge in [0.05, 0.1) is 25.8 Å². The van der Waals surface area contributed by atoms with Crippen LogP contribution < -0.4 is 25.3 Å². The van der Waals surface area contributed by atoms with E-state index in [0.717, 1.165) is 5.56 Å². The fraction of sp³-hybridized carbons (Fsp3) is 0.455. The van der Waals surface area contributed by atoms with Gasteiger partial charge in [-0.3, -0.25) is 9.78 Å². The van der Waals surface area contributed by atoms with Crippen LogP contribution in [0.3, 0.4) is 0 Å². The highest BCUT2D eigenvalue weighted by Crippen LogP contribution is 2.27. The minimum absolute atomic E-state index is 0.300. The number of aliphatic hydroxyl groups excluding tert-OH is 2. The molecule has 3 heterocycles. The Morgan fingerprint density at radius 3 is 2.74 bits per heavy atom. The van der Waals surface area contributed by atoms with Gasteiger partial charge in [0.2, 0.25) is 17.7 Å². The van der Waals surface area contributed by atoms with Gasteiger partial charge in [-0.25, -0.2) is 4.57 Å². The number of nitrogens with zero attached hydrogens (tertiary/aromatic N) is 4. The summed E-state index contributed by atoms with van der Waals surface area (Å²) in [6.07, 6.45) is 0.465. The van der Waals surface area contributed by atoms with E-state index in [9.17, 15) is 15.0 Å². The van der Waals surface area contributed by atoms with Crippen molar-refractivity contribution in [1.82, 2.24) is 20.3 Å². The summed E-state index contributed by atoms with van der Waals surface area (Å²) in [5, 5.41) is 23.7. The number of anilines is 1. The number of fused-ring (bicyclic) bond motifs is 1. The van der Waals surface area contributed by atoms with E-state index in [1.54, 1.807) is 30.1 Å². The van der Waals surface area contributed by atoms with Crippen LogP contribution in [-0.4, -0.2) is 83.2 Å². The summed E-state index contributed by atoms with van der Waals surface area (Å²) in [5.74, 6) is 0.926. The van der Waals surface area contributed by atoms with Crippen molar-refractivity contribution in [2.24, 2.45) is 5.73 Å². The van der Waals surface area contributed by atoms with Gasteiger partial charge in [0.1, 0.15) is 18.0 Å². The Kier molecular flexibility index (Phi) is 6.93. The van der Waals surface area contributed by atoms with Crippen molar-refractivity contribution >= 4 is 22.9 Å². The second-order valence-electron chi connectivity index (χ2n) is 8.40. The Labute approximate surface area is 196 Å². The standard InChI is InChI=1S/C22H29N7O5/c1-28(2)19-17-20(25-10-24-19)29(11-26-17)22-18(31)16(15(9-30)34-22)27-21(32)14(23)8-12-4-6-13(33-3)7-5-12/h4-7,10-11,14-16,18,22,30-31H,8-9,23H2,1-3H3,(H,27,32)/p+1. The topological polar surface area (TPSA) is 163 Å². The fourth-order valence-electron chi connectivity index (χ4n) is 4.11. The molecule has 12 nitrogen and oxygen atoms in total. The lowest BCUT2D eigenvalue weighted by molar-refractivity contribution is -0.745. The van der Waals surface area contributed by atoms with E-state index < -0.39 is 43.0 Å². The first-order chi connectivity index (χ1) is 16.3.